The summed E-state index contributed by atoms with van der Waals surface area (Å²) in [6.07, 6.45) is 0. The van der Waals surface area contributed by atoms with E-state index in [9.17, 15) is 0 Å². The van der Waals surface area contributed by atoms with Crippen molar-refractivity contribution in [1.29, 1.82) is 0 Å². The van der Waals surface area contributed by atoms with Gasteiger partial charge in [-0.05, 0) is 18.6 Å². The third kappa shape index (κ3) is 4.54. The van der Waals surface area contributed by atoms with E-state index in [0.717, 1.165) is 18.7 Å². The molecule has 0 radical (unpaired) electrons. The van der Waals surface area contributed by atoms with E-state index in [4.69, 9.17) is 23.2 Å². The molecule has 0 saturated carbocycles. The van der Waals surface area contributed by atoms with Crippen LogP contribution >= 0.6 is 35.0 Å². The number of halogens is 2. The predicted octanol–water partition coefficient (Wildman–Crippen LogP) is 3.69. The van der Waals surface area contributed by atoms with E-state index in [0.29, 0.717) is 10.0 Å². The van der Waals surface area contributed by atoms with Gasteiger partial charge in [-0.15, -0.1) is 0 Å². The van der Waals surface area contributed by atoms with E-state index in [1.807, 2.05) is 30.0 Å². The maximum atomic E-state index is 6.23. The Kier molecular flexibility index (Phi) is 6.30. The Hall–Kier alpha value is 0.0700. The Morgan fingerprint density at radius 1 is 1.32 bits per heavy atom. The first-order chi connectivity index (χ1) is 9.18. The Morgan fingerprint density at radius 3 is 2.79 bits per heavy atom. The van der Waals surface area contributed by atoms with Gasteiger partial charge in [0.25, 0.3) is 0 Å². The molecule has 0 amide bonds. The van der Waals surface area contributed by atoms with Gasteiger partial charge in [0, 0.05) is 43.7 Å². The minimum Gasteiger partial charge on any atom is -0.309 e. The SMILES string of the molecule is CC(NCCN1CCSCC1)c1cccc(Cl)c1Cl. The van der Waals surface area contributed by atoms with Gasteiger partial charge in [-0.1, -0.05) is 35.3 Å². The molecule has 5 heteroatoms. The summed E-state index contributed by atoms with van der Waals surface area (Å²) in [7, 11) is 0. The molecular formula is C14H20Cl2N2S. The molecule has 1 N–H and O–H groups in total. The molecule has 1 fully saturated rings. The van der Waals surface area contributed by atoms with Crippen molar-refractivity contribution < 1.29 is 0 Å². The van der Waals surface area contributed by atoms with Crippen molar-refractivity contribution in [3.63, 3.8) is 0 Å². The van der Waals surface area contributed by atoms with Crippen LogP contribution in [-0.2, 0) is 0 Å². The van der Waals surface area contributed by atoms with E-state index < -0.39 is 0 Å². The molecule has 1 saturated heterocycles. The summed E-state index contributed by atoms with van der Waals surface area (Å²) in [6, 6.07) is 6.03. The predicted molar refractivity (Wildman–Crippen MR) is 86.6 cm³/mol. The highest BCUT2D eigenvalue weighted by Crippen LogP contribution is 2.29. The van der Waals surface area contributed by atoms with Crippen molar-refractivity contribution in [3.8, 4) is 0 Å². The summed E-state index contributed by atoms with van der Waals surface area (Å²) in [5, 5.41) is 4.81. The second-order valence-electron chi connectivity index (χ2n) is 4.77. The fourth-order valence-corrected chi connectivity index (χ4v) is 3.68. The number of rotatable bonds is 5. The van der Waals surface area contributed by atoms with E-state index in [-0.39, 0.29) is 6.04 Å². The van der Waals surface area contributed by atoms with Crippen molar-refractivity contribution in [2.75, 3.05) is 37.7 Å². The molecule has 1 atom stereocenters. The molecular weight excluding hydrogens is 299 g/mol. The smallest absolute Gasteiger partial charge is 0.0639 e. The topological polar surface area (TPSA) is 15.3 Å². The van der Waals surface area contributed by atoms with Gasteiger partial charge in [0.05, 0.1) is 10.0 Å². The van der Waals surface area contributed by atoms with Gasteiger partial charge in [0.1, 0.15) is 0 Å². The van der Waals surface area contributed by atoms with Gasteiger partial charge in [-0.2, -0.15) is 11.8 Å². The molecule has 106 valence electrons. The average molecular weight is 319 g/mol. The zero-order valence-electron chi connectivity index (χ0n) is 11.2. The van der Waals surface area contributed by atoms with Crippen molar-refractivity contribution in [1.82, 2.24) is 10.2 Å². The van der Waals surface area contributed by atoms with Crippen molar-refractivity contribution >= 4 is 35.0 Å². The monoisotopic (exact) mass is 318 g/mol. The minimum atomic E-state index is 0.227. The lowest BCUT2D eigenvalue weighted by Crippen LogP contribution is -2.38. The molecule has 1 aromatic carbocycles. The molecule has 2 rings (SSSR count). The van der Waals surface area contributed by atoms with Crippen LogP contribution in [0.25, 0.3) is 0 Å². The molecule has 19 heavy (non-hydrogen) atoms. The molecule has 2 nitrogen and oxygen atoms in total. The fraction of sp³-hybridized carbons (Fsp3) is 0.571. The third-order valence-electron chi connectivity index (χ3n) is 3.43. The Morgan fingerprint density at radius 2 is 2.05 bits per heavy atom. The summed E-state index contributed by atoms with van der Waals surface area (Å²) in [4.78, 5) is 2.51. The lowest BCUT2D eigenvalue weighted by atomic mass is 10.1. The van der Waals surface area contributed by atoms with Crippen molar-refractivity contribution in [2.45, 2.75) is 13.0 Å². The van der Waals surface area contributed by atoms with Gasteiger partial charge >= 0.3 is 0 Å². The lowest BCUT2D eigenvalue weighted by Gasteiger charge is -2.27. The number of thioether (sulfide) groups is 1. The van der Waals surface area contributed by atoms with Crippen LogP contribution in [-0.4, -0.2) is 42.6 Å². The standard InChI is InChI=1S/C14H20Cl2N2S/c1-11(12-3-2-4-13(15)14(12)16)17-5-6-18-7-9-19-10-8-18/h2-4,11,17H,5-10H2,1H3. The van der Waals surface area contributed by atoms with E-state index in [1.165, 1.54) is 24.6 Å². The van der Waals surface area contributed by atoms with Crippen LogP contribution in [0.3, 0.4) is 0 Å². The molecule has 1 aliphatic rings. The number of benzene rings is 1. The summed E-state index contributed by atoms with van der Waals surface area (Å²) < 4.78 is 0. The van der Waals surface area contributed by atoms with Crippen LogP contribution in [0.15, 0.2) is 18.2 Å². The maximum absolute atomic E-state index is 6.23. The zero-order chi connectivity index (χ0) is 13.7. The molecule has 1 heterocycles. The van der Waals surface area contributed by atoms with Crippen LogP contribution in [0.4, 0.5) is 0 Å². The highest BCUT2D eigenvalue weighted by atomic mass is 35.5. The molecule has 0 aliphatic carbocycles. The van der Waals surface area contributed by atoms with Crippen LogP contribution in [0.1, 0.15) is 18.5 Å². The summed E-state index contributed by atoms with van der Waals surface area (Å²) in [6.45, 7) is 6.62. The first-order valence-electron chi connectivity index (χ1n) is 6.66. The van der Waals surface area contributed by atoms with E-state index in [1.54, 1.807) is 0 Å². The third-order valence-corrected chi connectivity index (χ3v) is 5.21. The van der Waals surface area contributed by atoms with Crippen LogP contribution in [0.2, 0.25) is 10.0 Å². The van der Waals surface area contributed by atoms with Gasteiger partial charge in [-0.3, -0.25) is 0 Å². The van der Waals surface area contributed by atoms with Crippen molar-refractivity contribution in [2.24, 2.45) is 0 Å². The second-order valence-corrected chi connectivity index (χ2v) is 6.78. The van der Waals surface area contributed by atoms with E-state index in [2.05, 4.69) is 17.1 Å². The minimum absolute atomic E-state index is 0.227. The molecule has 0 bridgehead atoms. The first kappa shape index (κ1) is 15.5. The normalized spacial score (nSPS) is 18.5. The Labute approximate surface area is 129 Å². The average Bonchev–Trinajstić information content (AvgIpc) is 2.43. The quantitative estimate of drug-likeness (QED) is 0.891. The fourth-order valence-electron chi connectivity index (χ4n) is 2.23. The van der Waals surface area contributed by atoms with Crippen LogP contribution < -0.4 is 5.32 Å². The number of nitrogens with one attached hydrogen (secondary N) is 1. The molecule has 0 aromatic heterocycles. The summed E-state index contributed by atoms with van der Waals surface area (Å²) in [5.41, 5.74) is 1.07. The van der Waals surface area contributed by atoms with Gasteiger partial charge in [0.15, 0.2) is 0 Å². The summed E-state index contributed by atoms with van der Waals surface area (Å²) in [5.74, 6) is 2.52. The number of nitrogens with zero attached hydrogens (tertiary/aromatic N) is 1. The molecule has 1 aromatic rings. The molecule has 0 spiro atoms. The van der Waals surface area contributed by atoms with Crippen LogP contribution in [0, 0.1) is 0 Å². The lowest BCUT2D eigenvalue weighted by molar-refractivity contribution is 0.297. The molecule has 1 aliphatic heterocycles. The Balaban J connectivity index is 1.80. The highest BCUT2D eigenvalue weighted by molar-refractivity contribution is 7.99. The summed E-state index contributed by atoms with van der Waals surface area (Å²) >= 11 is 14.3. The van der Waals surface area contributed by atoms with Gasteiger partial charge in [-0.25, -0.2) is 0 Å². The van der Waals surface area contributed by atoms with E-state index >= 15 is 0 Å². The number of hydrogen-bond acceptors (Lipinski definition) is 3. The van der Waals surface area contributed by atoms with Crippen LogP contribution in [0.5, 0.6) is 0 Å². The zero-order valence-corrected chi connectivity index (χ0v) is 13.5. The van der Waals surface area contributed by atoms with Gasteiger partial charge < -0.3 is 10.2 Å². The maximum Gasteiger partial charge on any atom is 0.0639 e. The Bertz CT molecular complexity index is 408. The largest absolute Gasteiger partial charge is 0.309 e. The molecule has 1 unspecified atom stereocenters. The second kappa shape index (κ2) is 7.75. The first-order valence-corrected chi connectivity index (χ1v) is 8.57. The van der Waals surface area contributed by atoms with Gasteiger partial charge in [0.2, 0.25) is 0 Å². The highest BCUT2D eigenvalue weighted by Gasteiger charge is 2.13. The number of hydrogen-bond donors (Lipinski definition) is 1. The van der Waals surface area contributed by atoms with Crippen molar-refractivity contribution in [3.05, 3.63) is 33.8 Å².